The van der Waals surface area contributed by atoms with Gasteiger partial charge in [0.2, 0.25) is 0 Å². The second-order valence-electron chi connectivity index (χ2n) is 7.05. The van der Waals surface area contributed by atoms with E-state index in [9.17, 15) is 32.1 Å². The molecule has 0 aromatic heterocycles. The van der Waals surface area contributed by atoms with Crippen LogP contribution in [0.25, 0.3) is 0 Å². The highest BCUT2D eigenvalue weighted by atomic mass is 32.3. The first-order chi connectivity index (χ1) is 10.8. The Morgan fingerprint density at radius 3 is 2.04 bits per heavy atom. The zero-order chi connectivity index (χ0) is 18.5. The second-order valence-corrected chi connectivity index (χ2v) is 11.6. The van der Waals surface area contributed by atoms with E-state index in [1.165, 1.54) is 0 Å². The zero-order valence-electron chi connectivity index (χ0n) is 13.5. The molecule has 1 aromatic rings. The molecule has 0 bridgehead atoms. The first-order valence-corrected chi connectivity index (χ1v) is 10.6. The molecule has 10 heteroatoms. The van der Waals surface area contributed by atoms with Crippen molar-refractivity contribution in [3.8, 4) is 5.75 Å². The molecule has 0 spiro atoms. The molecule has 134 valence electrons. The van der Waals surface area contributed by atoms with Gasteiger partial charge in [0, 0.05) is 6.07 Å². The summed E-state index contributed by atoms with van der Waals surface area (Å²) in [5, 5.41) is 20.7. The maximum Gasteiger partial charge on any atom is 0.275 e. The van der Waals surface area contributed by atoms with E-state index in [-0.39, 0.29) is 11.5 Å². The van der Waals surface area contributed by atoms with Gasteiger partial charge in [0.1, 0.15) is 5.75 Å². The largest absolute Gasteiger partial charge is 0.508 e. The van der Waals surface area contributed by atoms with Crippen LogP contribution in [0, 0.1) is 21.4 Å². The predicted octanol–water partition coefficient (Wildman–Crippen LogP) is 1.80. The molecule has 0 aliphatic carbocycles. The molecule has 24 heavy (non-hydrogen) atoms. The number of nitro benzene ring substituents is 1. The first kappa shape index (κ1) is 18.7. The smallest absolute Gasteiger partial charge is 0.275 e. The monoisotopic (exact) mass is 377 g/mol. The van der Waals surface area contributed by atoms with Crippen molar-refractivity contribution in [2.75, 3.05) is 11.5 Å². The lowest BCUT2D eigenvalue weighted by Crippen LogP contribution is -2.44. The van der Waals surface area contributed by atoms with E-state index >= 15 is 0 Å². The van der Waals surface area contributed by atoms with Crippen LogP contribution in [-0.2, 0) is 19.7 Å². The van der Waals surface area contributed by atoms with Gasteiger partial charge in [0.15, 0.2) is 24.3 Å². The van der Waals surface area contributed by atoms with Crippen LogP contribution >= 0.6 is 0 Å². The molecule has 1 aromatic carbocycles. The summed E-state index contributed by atoms with van der Waals surface area (Å²) in [5.74, 6) is -1.81. The van der Waals surface area contributed by atoms with Crippen LogP contribution in [0.5, 0.6) is 5.75 Å². The maximum absolute atomic E-state index is 12.7. The minimum Gasteiger partial charge on any atom is -0.508 e. The standard InChI is InChI=1S/C14H19NO7S2/c1-14(2,3)9-7-23(19,20)13(24(21,22)8-9)11-6-10(16)4-5-12(11)15(17)18/h4-6,9,13,16H,7-8H2,1-3H3. The molecule has 0 amide bonds. The third-order valence-electron chi connectivity index (χ3n) is 4.21. The highest BCUT2D eigenvalue weighted by Crippen LogP contribution is 2.44. The SMILES string of the molecule is CC(C)(C)C1CS(=O)(=O)C(c2cc(O)ccc2[N+](=O)[O-])S(=O)(=O)C1. The van der Waals surface area contributed by atoms with E-state index in [1.54, 1.807) is 20.8 Å². The van der Waals surface area contributed by atoms with Crippen LogP contribution in [-0.4, -0.2) is 38.4 Å². The Morgan fingerprint density at radius 1 is 1.12 bits per heavy atom. The number of benzene rings is 1. The third kappa shape index (κ3) is 3.39. The fourth-order valence-corrected chi connectivity index (χ4v) is 9.06. The first-order valence-electron chi connectivity index (χ1n) is 7.16. The van der Waals surface area contributed by atoms with Crippen LogP contribution in [0.2, 0.25) is 0 Å². The topological polar surface area (TPSA) is 132 Å². The number of aromatic hydroxyl groups is 1. The highest BCUT2D eigenvalue weighted by Gasteiger charge is 2.51. The summed E-state index contributed by atoms with van der Waals surface area (Å²) in [7, 11) is -8.39. The third-order valence-corrected chi connectivity index (χ3v) is 9.51. The Labute approximate surface area is 140 Å². The molecule has 0 atom stereocenters. The average Bonchev–Trinajstić information content (AvgIpc) is 2.34. The van der Waals surface area contributed by atoms with Crippen LogP contribution in [0.4, 0.5) is 5.69 Å². The zero-order valence-corrected chi connectivity index (χ0v) is 15.1. The Hall–Kier alpha value is -1.68. The summed E-state index contributed by atoms with van der Waals surface area (Å²) in [6.07, 6.45) is 0. The summed E-state index contributed by atoms with van der Waals surface area (Å²) in [6.45, 7) is 5.25. The van der Waals surface area contributed by atoms with Crippen LogP contribution in [0.3, 0.4) is 0 Å². The quantitative estimate of drug-likeness (QED) is 0.614. The van der Waals surface area contributed by atoms with E-state index in [2.05, 4.69) is 0 Å². The molecule has 1 fully saturated rings. The van der Waals surface area contributed by atoms with Crippen molar-refractivity contribution in [3.63, 3.8) is 0 Å². The Bertz CT molecular complexity index is 846. The molecule has 1 aliphatic rings. The van der Waals surface area contributed by atoms with Gasteiger partial charge in [0.25, 0.3) is 5.69 Å². The molecule has 2 rings (SSSR count). The Morgan fingerprint density at radius 2 is 1.62 bits per heavy atom. The number of rotatable bonds is 2. The number of phenolic OH excluding ortho intramolecular Hbond substituents is 1. The van der Waals surface area contributed by atoms with Gasteiger partial charge < -0.3 is 5.11 Å². The van der Waals surface area contributed by atoms with Gasteiger partial charge in [-0.05, 0) is 23.5 Å². The summed E-state index contributed by atoms with van der Waals surface area (Å²) in [6, 6.07) is 2.77. The lowest BCUT2D eigenvalue weighted by Gasteiger charge is -2.36. The van der Waals surface area contributed by atoms with E-state index in [4.69, 9.17) is 0 Å². The molecule has 0 unspecified atom stereocenters. The van der Waals surface area contributed by atoms with Gasteiger partial charge in [-0.15, -0.1) is 0 Å². The molecule has 8 nitrogen and oxygen atoms in total. The van der Waals surface area contributed by atoms with Gasteiger partial charge >= 0.3 is 0 Å². The fraction of sp³-hybridized carbons (Fsp3) is 0.571. The molecule has 1 aliphatic heterocycles. The van der Waals surface area contributed by atoms with Crippen molar-refractivity contribution in [2.24, 2.45) is 11.3 Å². The lowest BCUT2D eigenvalue weighted by atomic mass is 9.83. The summed E-state index contributed by atoms with van der Waals surface area (Å²) in [5.41, 5.74) is -1.69. The van der Waals surface area contributed by atoms with Gasteiger partial charge in [-0.3, -0.25) is 10.1 Å². The number of hydrogen-bond donors (Lipinski definition) is 1. The van der Waals surface area contributed by atoms with E-state index in [0.717, 1.165) is 18.2 Å². The molecular formula is C14H19NO7S2. The second kappa shape index (κ2) is 5.69. The van der Waals surface area contributed by atoms with Crippen molar-refractivity contribution in [1.29, 1.82) is 0 Å². The Balaban J connectivity index is 2.68. The lowest BCUT2D eigenvalue weighted by molar-refractivity contribution is -0.385. The van der Waals surface area contributed by atoms with Gasteiger partial charge in [-0.1, -0.05) is 20.8 Å². The fourth-order valence-electron chi connectivity index (χ4n) is 2.79. The average molecular weight is 377 g/mol. The van der Waals surface area contributed by atoms with Crippen molar-refractivity contribution < 1.29 is 26.9 Å². The number of nitro groups is 1. The maximum atomic E-state index is 12.7. The van der Waals surface area contributed by atoms with E-state index < -0.39 is 57.5 Å². The molecule has 1 heterocycles. The number of nitrogens with zero attached hydrogens (tertiary/aromatic N) is 1. The minimum atomic E-state index is -4.19. The molecule has 1 saturated heterocycles. The van der Waals surface area contributed by atoms with Crippen molar-refractivity contribution in [1.82, 2.24) is 0 Å². The number of sulfone groups is 2. The van der Waals surface area contributed by atoms with Gasteiger partial charge in [-0.2, -0.15) is 0 Å². The van der Waals surface area contributed by atoms with E-state index in [0.29, 0.717) is 0 Å². The van der Waals surface area contributed by atoms with Gasteiger partial charge in [-0.25, -0.2) is 16.8 Å². The molecular weight excluding hydrogens is 358 g/mol. The molecule has 0 radical (unpaired) electrons. The molecule has 1 N–H and O–H groups in total. The van der Waals surface area contributed by atoms with Crippen LogP contribution in [0.1, 0.15) is 30.9 Å². The molecule has 0 saturated carbocycles. The normalized spacial score (nSPS) is 26.0. The predicted molar refractivity (Wildman–Crippen MR) is 88.0 cm³/mol. The number of hydrogen-bond acceptors (Lipinski definition) is 7. The van der Waals surface area contributed by atoms with Crippen molar-refractivity contribution in [2.45, 2.75) is 25.4 Å². The summed E-state index contributed by atoms with van der Waals surface area (Å²) >= 11 is 0. The van der Waals surface area contributed by atoms with E-state index in [1.807, 2.05) is 0 Å². The van der Waals surface area contributed by atoms with Crippen molar-refractivity contribution in [3.05, 3.63) is 33.9 Å². The number of phenols is 1. The summed E-state index contributed by atoms with van der Waals surface area (Å²) in [4.78, 5) is 10.3. The minimum absolute atomic E-state index is 0.382. The van der Waals surface area contributed by atoms with Crippen LogP contribution in [0.15, 0.2) is 18.2 Å². The van der Waals surface area contributed by atoms with Gasteiger partial charge in [0.05, 0.1) is 22.0 Å². The summed E-state index contributed by atoms with van der Waals surface area (Å²) < 4.78 is 48.6. The Kier molecular flexibility index (Phi) is 4.43. The highest BCUT2D eigenvalue weighted by molar-refractivity contribution is 8.09. The van der Waals surface area contributed by atoms with Crippen molar-refractivity contribution >= 4 is 25.4 Å². The van der Waals surface area contributed by atoms with Crippen LogP contribution < -0.4 is 0 Å².